The Bertz CT molecular complexity index is 833. The molecule has 0 bridgehead atoms. The summed E-state index contributed by atoms with van der Waals surface area (Å²) < 4.78 is 1.69. The maximum absolute atomic E-state index is 12.5. The van der Waals surface area contributed by atoms with Crippen molar-refractivity contribution in [2.24, 2.45) is 0 Å². The molecule has 6 nitrogen and oxygen atoms in total. The van der Waals surface area contributed by atoms with Crippen molar-refractivity contribution in [2.45, 2.75) is 32.7 Å². The molecule has 0 aliphatic carbocycles. The number of rotatable bonds is 4. The van der Waals surface area contributed by atoms with Crippen LogP contribution in [0, 0.1) is 0 Å². The molecule has 24 heavy (non-hydrogen) atoms. The lowest BCUT2D eigenvalue weighted by molar-refractivity contribution is 0.0952. The van der Waals surface area contributed by atoms with E-state index in [2.05, 4.69) is 41.2 Å². The van der Waals surface area contributed by atoms with Crippen LogP contribution >= 0.6 is 11.3 Å². The van der Waals surface area contributed by atoms with Gasteiger partial charge < -0.3 is 5.32 Å². The average Bonchev–Trinajstić information content (AvgIpc) is 3.23. The molecular weight excluding hydrogens is 322 g/mol. The highest BCUT2D eigenvalue weighted by Crippen LogP contribution is 2.27. The van der Waals surface area contributed by atoms with Crippen LogP contribution in [0.1, 0.15) is 41.7 Å². The second-order valence-electron chi connectivity index (χ2n) is 6.47. The predicted molar refractivity (Wildman–Crippen MR) is 93.3 cm³/mol. The summed E-state index contributed by atoms with van der Waals surface area (Å²) in [7, 11) is 0. The van der Waals surface area contributed by atoms with Crippen LogP contribution in [0.2, 0.25) is 0 Å². The van der Waals surface area contributed by atoms with Gasteiger partial charge in [0.1, 0.15) is 17.5 Å². The van der Waals surface area contributed by atoms with E-state index in [1.807, 2.05) is 24.3 Å². The van der Waals surface area contributed by atoms with E-state index in [0.29, 0.717) is 11.4 Å². The molecule has 0 atom stereocenters. The number of carbonyl (C=O) groups excluding carboxylic acids is 1. The Kier molecular flexibility index (Phi) is 4.44. The first-order chi connectivity index (χ1) is 11.4. The number of nitrogens with one attached hydrogen (secondary N) is 1. The molecule has 0 radical (unpaired) electrons. The van der Waals surface area contributed by atoms with Gasteiger partial charge in [-0.1, -0.05) is 32.9 Å². The minimum Gasteiger partial charge on any atom is -0.347 e. The monoisotopic (exact) mass is 341 g/mol. The molecular formula is C17H19N5OS. The summed E-state index contributed by atoms with van der Waals surface area (Å²) in [6.07, 6.45) is 3.14. The Morgan fingerprint density at radius 3 is 2.88 bits per heavy atom. The van der Waals surface area contributed by atoms with Crippen molar-refractivity contribution in [1.82, 2.24) is 25.1 Å². The molecule has 0 saturated heterocycles. The van der Waals surface area contributed by atoms with E-state index in [0.717, 1.165) is 16.9 Å². The largest absolute Gasteiger partial charge is 0.347 e. The van der Waals surface area contributed by atoms with Crippen LogP contribution in [0.3, 0.4) is 0 Å². The van der Waals surface area contributed by atoms with Crippen molar-refractivity contribution >= 4 is 17.2 Å². The molecule has 3 aromatic rings. The van der Waals surface area contributed by atoms with E-state index in [1.54, 1.807) is 16.5 Å². The number of hydrogen-bond donors (Lipinski definition) is 1. The highest BCUT2D eigenvalue weighted by molar-refractivity contribution is 7.11. The lowest BCUT2D eigenvalue weighted by atomic mass is 9.91. The number of benzene rings is 1. The van der Waals surface area contributed by atoms with Crippen LogP contribution in [0.5, 0.6) is 0 Å². The average molecular weight is 341 g/mol. The van der Waals surface area contributed by atoms with Crippen LogP contribution in [-0.4, -0.2) is 25.7 Å². The first-order valence-corrected chi connectivity index (χ1v) is 8.49. The SMILES string of the molecule is CC(C)(C)c1ncsc1C(=O)NCc1cccc(-n2cncn2)c1. The van der Waals surface area contributed by atoms with Crippen LogP contribution in [0.4, 0.5) is 0 Å². The van der Waals surface area contributed by atoms with Gasteiger partial charge in [-0.2, -0.15) is 5.10 Å². The minimum absolute atomic E-state index is 0.0893. The Hall–Kier alpha value is -2.54. The second kappa shape index (κ2) is 6.52. The van der Waals surface area contributed by atoms with Gasteiger partial charge in [0.05, 0.1) is 16.9 Å². The second-order valence-corrected chi connectivity index (χ2v) is 7.33. The number of thiazole rings is 1. The quantitative estimate of drug-likeness (QED) is 0.792. The molecule has 0 unspecified atom stereocenters. The summed E-state index contributed by atoms with van der Waals surface area (Å²) in [4.78, 5) is 21.5. The smallest absolute Gasteiger partial charge is 0.263 e. The molecule has 0 fully saturated rings. The van der Waals surface area contributed by atoms with E-state index in [9.17, 15) is 4.79 Å². The zero-order valence-electron chi connectivity index (χ0n) is 13.9. The molecule has 1 N–H and O–H groups in total. The fourth-order valence-electron chi connectivity index (χ4n) is 2.35. The molecule has 1 amide bonds. The fourth-order valence-corrected chi connectivity index (χ4v) is 3.27. The van der Waals surface area contributed by atoms with E-state index in [4.69, 9.17) is 0 Å². The van der Waals surface area contributed by atoms with E-state index in [1.165, 1.54) is 17.7 Å². The van der Waals surface area contributed by atoms with Crippen molar-refractivity contribution in [3.8, 4) is 5.69 Å². The van der Waals surface area contributed by atoms with Gasteiger partial charge in [0.25, 0.3) is 5.91 Å². The minimum atomic E-state index is -0.153. The van der Waals surface area contributed by atoms with Gasteiger partial charge in [0, 0.05) is 12.0 Å². The maximum atomic E-state index is 12.5. The van der Waals surface area contributed by atoms with Crippen LogP contribution < -0.4 is 5.32 Å². The Morgan fingerprint density at radius 1 is 1.33 bits per heavy atom. The van der Waals surface area contributed by atoms with Gasteiger partial charge in [0.15, 0.2) is 0 Å². The van der Waals surface area contributed by atoms with E-state index < -0.39 is 0 Å². The van der Waals surface area contributed by atoms with Crippen molar-refractivity contribution in [3.63, 3.8) is 0 Å². The summed E-state index contributed by atoms with van der Waals surface area (Å²) in [5.74, 6) is -0.0893. The molecule has 0 aliphatic rings. The Labute approximate surface area is 144 Å². The normalized spacial score (nSPS) is 11.5. The third-order valence-corrected chi connectivity index (χ3v) is 4.36. The molecule has 2 heterocycles. The number of amides is 1. The third-order valence-electron chi connectivity index (χ3n) is 3.53. The van der Waals surface area contributed by atoms with Crippen LogP contribution in [0.15, 0.2) is 42.4 Å². The molecule has 0 saturated carbocycles. The summed E-state index contributed by atoms with van der Waals surface area (Å²) in [5, 5.41) is 7.09. The number of nitrogens with zero attached hydrogens (tertiary/aromatic N) is 4. The van der Waals surface area contributed by atoms with Crippen molar-refractivity contribution in [1.29, 1.82) is 0 Å². The molecule has 2 aromatic heterocycles. The van der Waals surface area contributed by atoms with Gasteiger partial charge in [-0.05, 0) is 17.7 Å². The number of carbonyl (C=O) groups is 1. The molecule has 1 aromatic carbocycles. The van der Waals surface area contributed by atoms with Crippen LogP contribution in [0.25, 0.3) is 5.69 Å². The van der Waals surface area contributed by atoms with Gasteiger partial charge >= 0.3 is 0 Å². The standard InChI is InChI=1S/C17H19N5OS/c1-17(2,3)15-14(24-11-20-15)16(23)19-8-12-5-4-6-13(7-12)22-10-18-9-21-22/h4-7,9-11H,8H2,1-3H3,(H,19,23). The maximum Gasteiger partial charge on any atom is 0.263 e. The molecule has 0 spiro atoms. The lowest BCUT2D eigenvalue weighted by Gasteiger charge is -2.17. The molecule has 124 valence electrons. The Balaban J connectivity index is 1.72. The zero-order valence-corrected chi connectivity index (χ0v) is 14.7. The summed E-state index contributed by atoms with van der Waals surface area (Å²) >= 11 is 1.38. The van der Waals surface area contributed by atoms with Gasteiger partial charge in [0.2, 0.25) is 0 Å². The zero-order chi connectivity index (χ0) is 17.2. The lowest BCUT2D eigenvalue weighted by Crippen LogP contribution is -2.25. The summed E-state index contributed by atoms with van der Waals surface area (Å²) in [6, 6.07) is 7.83. The van der Waals surface area contributed by atoms with Gasteiger partial charge in [-0.15, -0.1) is 11.3 Å². The molecule has 0 aliphatic heterocycles. The first kappa shape index (κ1) is 16.3. The topological polar surface area (TPSA) is 72.7 Å². The van der Waals surface area contributed by atoms with E-state index >= 15 is 0 Å². The fraction of sp³-hybridized carbons (Fsp3) is 0.294. The first-order valence-electron chi connectivity index (χ1n) is 7.61. The van der Waals surface area contributed by atoms with Gasteiger partial charge in [-0.3, -0.25) is 4.79 Å². The van der Waals surface area contributed by atoms with E-state index in [-0.39, 0.29) is 11.3 Å². The van der Waals surface area contributed by atoms with Crippen LogP contribution in [-0.2, 0) is 12.0 Å². The Morgan fingerprint density at radius 2 is 2.17 bits per heavy atom. The summed E-state index contributed by atoms with van der Waals surface area (Å²) in [6.45, 7) is 6.62. The predicted octanol–water partition coefficient (Wildman–Crippen LogP) is 2.95. The molecule has 3 rings (SSSR count). The number of hydrogen-bond acceptors (Lipinski definition) is 5. The van der Waals surface area contributed by atoms with Gasteiger partial charge in [-0.25, -0.2) is 14.6 Å². The third kappa shape index (κ3) is 3.51. The van der Waals surface area contributed by atoms with Crippen molar-refractivity contribution in [2.75, 3.05) is 0 Å². The number of aromatic nitrogens is 4. The summed E-state index contributed by atoms with van der Waals surface area (Å²) in [5.41, 5.74) is 4.31. The highest BCUT2D eigenvalue weighted by Gasteiger charge is 2.24. The van der Waals surface area contributed by atoms with Crippen molar-refractivity contribution in [3.05, 3.63) is 58.6 Å². The highest BCUT2D eigenvalue weighted by atomic mass is 32.1. The molecule has 7 heteroatoms. The van der Waals surface area contributed by atoms with Crippen molar-refractivity contribution < 1.29 is 4.79 Å².